The predicted molar refractivity (Wildman–Crippen MR) is 327 cm³/mol. The van der Waals surface area contributed by atoms with Gasteiger partial charge in [0.25, 0.3) is 0 Å². The van der Waals surface area contributed by atoms with Crippen LogP contribution in [0.2, 0.25) is 0 Å². The van der Waals surface area contributed by atoms with Crippen LogP contribution in [0.15, 0.2) is 48.6 Å². The van der Waals surface area contributed by atoms with Crippen molar-refractivity contribution in [3.63, 3.8) is 0 Å². The molecule has 0 aliphatic carbocycles. The first-order chi connectivity index (χ1) is 36.5. The molecule has 1 amide bonds. The van der Waals surface area contributed by atoms with Crippen molar-refractivity contribution in [2.24, 2.45) is 0 Å². The topological polar surface area (TPSA) is 105 Å². The van der Waals surface area contributed by atoms with Crippen molar-refractivity contribution in [3.8, 4) is 0 Å². The van der Waals surface area contributed by atoms with Crippen LogP contribution in [0.4, 0.5) is 0 Å². The maximum atomic E-state index is 13.0. The zero-order valence-electron chi connectivity index (χ0n) is 50.6. The average molecular weight is 1080 g/mol. The number of aliphatic hydroxyl groups excluding tert-OH is 1. The summed E-state index contributed by atoms with van der Waals surface area (Å²) in [7, 11) is 1.55. The third kappa shape index (κ3) is 60.0. The van der Waals surface area contributed by atoms with Gasteiger partial charge in [-0.15, -0.1) is 0 Å². The summed E-state index contributed by atoms with van der Waals surface area (Å²) in [5.41, 5.74) is 0. The van der Waals surface area contributed by atoms with E-state index < -0.39 is 20.0 Å². The van der Waals surface area contributed by atoms with Crippen LogP contribution >= 0.6 is 7.82 Å². The van der Waals surface area contributed by atoms with Gasteiger partial charge in [-0.1, -0.05) is 287 Å². The lowest BCUT2D eigenvalue weighted by Gasteiger charge is -2.25. The van der Waals surface area contributed by atoms with E-state index in [2.05, 4.69) is 55.6 Å². The number of quaternary nitrogens is 1. The molecule has 0 saturated heterocycles. The average Bonchev–Trinajstić information content (AvgIpc) is 3.37. The van der Waals surface area contributed by atoms with E-state index in [1.807, 2.05) is 27.2 Å². The van der Waals surface area contributed by atoms with Crippen LogP contribution in [0.3, 0.4) is 0 Å². The molecule has 75 heavy (non-hydrogen) atoms. The molecule has 442 valence electrons. The number of carbonyl (C=O) groups is 1. The molecule has 9 heteroatoms. The van der Waals surface area contributed by atoms with Gasteiger partial charge in [-0.25, -0.2) is 4.57 Å². The summed E-state index contributed by atoms with van der Waals surface area (Å²) in [4.78, 5) is 23.3. The summed E-state index contributed by atoms with van der Waals surface area (Å²) in [5, 5.41) is 13.9. The van der Waals surface area contributed by atoms with Crippen molar-refractivity contribution in [1.82, 2.24) is 5.32 Å². The molecule has 3 unspecified atom stereocenters. The molecule has 0 rings (SSSR count). The highest BCUT2D eigenvalue weighted by atomic mass is 31.2. The first kappa shape index (κ1) is 73.5. The van der Waals surface area contributed by atoms with E-state index in [1.54, 1.807) is 6.08 Å². The second kappa shape index (κ2) is 57.2. The summed E-state index contributed by atoms with van der Waals surface area (Å²) >= 11 is 0. The maximum absolute atomic E-state index is 13.0. The van der Waals surface area contributed by atoms with Gasteiger partial charge in [0.15, 0.2) is 0 Å². The minimum Gasteiger partial charge on any atom is -0.387 e. The Morgan fingerprint density at radius 3 is 1.07 bits per heavy atom. The largest absolute Gasteiger partial charge is 0.472 e. The second-order valence-electron chi connectivity index (χ2n) is 23.5. The number of phosphoric acid groups is 1. The van der Waals surface area contributed by atoms with Gasteiger partial charge < -0.3 is 19.8 Å². The van der Waals surface area contributed by atoms with Gasteiger partial charge in [-0.2, -0.15) is 0 Å². The summed E-state index contributed by atoms with van der Waals surface area (Å²) in [6.07, 6.45) is 76.9. The van der Waals surface area contributed by atoms with Gasteiger partial charge in [-0.05, 0) is 70.6 Å². The number of unbranched alkanes of at least 4 members (excludes halogenated alkanes) is 41. The zero-order valence-corrected chi connectivity index (χ0v) is 51.4. The number of phosphoric ester groups is 1. The van der Waals surface area contributed by atoms with Crippen LogP contribution in [0.1, 0.15) is 316 Å². The number of hydrogen-bond acceptors (Lipinski definition) is 5. The van der Waals surface area contributed by atoms with Crippen molar-refractivity contribution in [2.75, 3.05) is 40.9 Å². The summed E-state index contributed by atoms with van der Waals surface area (Å²) in [5.74, 6) is -0.187. The molecule has 0 saturated carbocycles. The summed E-state index contributed by atoms with van der Waals surface area (Å²) in [6, 6.07) is -0.870. The molecule has 0 aliphatic heterocycles. The number of nitrogens with zero attached hydrogens (tertiary/aromatic N) is 1. The van der Waals surface area contributed by atoms with Crippen LogP contribution in [0.5, 0.6) is 0 Å². The Hall–Kier alpha value is -1.54. The quantitative estimate of drug-likeness (QED) is 0.0243. The van der Waals surface area contributed by atoms with Gasteiger partial charge in [-0.3, -0.25) is 13.8 Å². The molecule has 0 spiro atoms. The highest BCUT2D eigenvalue weighted by Crippen LogP contribution is 2.43. The molecule has 0 aromatic rings. The van der Waals surface area contributed by atoms with E-state index in [0.29, 0.717) is 17.4 Å². The summed E-state index contributed by atoms with van der Waals surface area (Å²) in [6.45, 7) is 4.82. The van der Waals surface area contributed by atoms with E-state index in [9.17, 15) is 19.4 Å². The molecular formula is C66H128N2O6P+. The molecule has 3 N–H and O–H groups in total. The Balaban J connectivity index is 4.04. The van der Waals surface area contributed by atoms with E-state index >= 15 is 0 Å². The van der Waals surface area contributed by atoms with Crippen LogP contribution < -0.4 is 5.32 Å². The lowest BCUT2D eigenvalue weighted by molar-refractivity contribution is -0.870. The minimum atomic E-state index is -4.36. The standard InChI is InChI=1S/C66H127N2O6P/c1-6-8-10-12-14-16-18-20-22-24-26-27-28-29-30-31-32-33-34-35-36-37-38-39-40-41-42-44-46-48-50-52-54-56-58-60-66(70)67-64(63-74-75(71,72)73-62-61-68(3,4)5)65(69)59-57-55-53-51-49-47-45-43-25-23-21-19-17-15-13-11-9-7-2/h25,31-32,43,49,51,57,59,64-65,69H,6-24,26-30,33-42,44-48,50,52-56,58,60-63H2,1-5H3,(H-,67,70,71,72)/p+1/b32-31-,43-25+,51-49+,59-57+. The Kier molecular flexibility index (Phi) is 56.0. The van der Waals surface area contributed by atoms with Crippen molar-refractivity contribution in [1.29, 1.82) is 0 Å². The van der Waals surface area contributed by atoms with E-state index in [1.165, 1.54) is 250 Å². The fourth-order valence-corrected chi connectivity index (χ4v) is 10.4. The molecule has 0 fully saturated rings. The molecule has 8 nitrogen and oxygen atoms in total. The van der Waals surface area contributed by atoms with Gasteiger partial charge >= 0.3 is 7.82 Å². The van der Waals surface area contributed by atoms with Crippen LogP contribution in [0.25, 0.3) is 0 Å². The lowest BCUT2D eigenvalue weighted by atomic mass is 10.0. The molecular weight excluding hydrogens is 948 g/mol. The number of carbonyl (C=O) groups excluding carboxylic acids is 1. The third-order valence-electron chi connectivity index (χ3n) is 14.7. The van der Waals surface area contributed by atoms with Gasteiger partial charge in [0.1, 0.15) is 13.2 Å². The first-order valence-electron chi connectivity index (χ1n) is 32.5. The maximum Gasteiger partial charge on any atom is 0.472 e. The molecule has 0 bridgehead atoms. The molecule has 0 heterocycles. The molecule has 0 aromatic heterocycles. The monoisotopic (exact) mass is 1080 g/mol. The Labute approximate surface area is 467 Å². The number of allylic oxidation sites excluding steroid dienone is 7. The Bertz CT molecular complexity index is 1360. The van der Waals surface area contributed by atoms with Crippen LogP contribution in [-0.2, 0) is 18.4 Å². The third-order valence-corrected chi connectivity index (χ3v) is 15.7. The molecule has 0 aliphatic rings. The van der Waals surface area contributed by atoms with Gasteiger partial charge in [0.2, 0.25) is 5.91 Å². The molecule has 0 radical (unpaired) electrons. The molecule has 0 aromatic carbocycles. The predicted octanol–water partition coefficient (Wildman–Crippen LogP) is 20.3. The number of rotatable bonds is 60. The number of hydrogen-bond donors (Lipinski definition) is 3. The van der Waals surface area contributed by atoms with E-state index in [4.69, 9.17) is 9.05 Å². The summed E-state index contributed by atoms with van der Waals surface area (Å²) < 4.78 is 23.7. The SMILES string of the molecule is CCCCCCCCCC/C=C/CC/C=C/CC/C=C/C(O)C(COP(=O)(O)OCC[N+](C)(C)C)NC(=O)CCCCCCCCCCCCCCCCCCC/C=C\CCCCCCCCCCCCCCCC. The van der Waals surface area contributed by atoms with Gasteiger partial charge in [0, 0.05) is 6.42 Å². The Morgan fingerprint density at radius 1 is 0.440 bits per heavy atom. The highest BCUT2D eigenvalue weighted by Gasteiger charge is 2.27. The number of likely N-dealkylation sites (N-methyl/N-ethyl adjacent to an activating group) is 1. The fourth-order valence-electron chi connectivity index (χ4n) is 9.66. The fraction of sp³-hybridized carbons (Fsp3) is 0.864. The molecule has 3 atom stereocenters. The number of aliphatic hydroxyl groups is 1. The minimum absolute atomic E-state index is 0.0540. The highest BCUT2D eigenvalue weighted by molar-refractivity contribution is 7.47. The number of amides is 1. The van der Waals surface area contributed by atoms with Crippen molar-refractivity contribution < 1.29 is 32.9 Å². The van der Waals surface area contributed by atoms with Gasteiger partial charge in [0.05, 0.1) is 39.9 Å². The lowest BCUT2D eigenvalue weighted by Crippen LogP contribution is -2.45. The zero-order chi connectivity index (χ0) is 54.9. The van der Waals surface area contributed by atoms with E-state index in [0.717, 1.165) is 44.9 Å². The first-order valence-corrected chi connectivity index (χ1v) is 34.0. The number of nitrogens with one attached hydrogen (secondary N) is 1. The van der Waals surface area contributed by atoms with Crippen LogP contribution in [-0.4, -0.2) is 73.4 Å². The van der Waals surface area contributed by atoms with E-state index in [-0.39, 0.29) is 19.1 Å². The smallest absolute Gasteiger partial charge is 0.387 e. The second-order valence-corrected chi connectivity index (χ2v) is 24.9. The normalized spacial score (nSPS) is 14.1. The van der Waals surface area contributed by atoms with Crippen LogP contribution in [0, 0.1) is 0 Å². The van der Waals surface area contributed by atoms with Crippen molar-refractivity contribution in [2.45, 2.75) is 328 Å². The Morgan fingerprint density at radius 2 is 0.733 bits per heavy atom. The van der Waals surface area contributed by atoms with Crippen molar-refractivity contribution >= 4 is 13.7 Å². The van der Waals surface area contributed by atoms with Crippen molar-refractivity contribution in [3.05, 3.63) is 48.6 Å².